The Bertz CT molecular complexity index is 731. The number of nitrogens with one attached hydrogen (secondary N) is 1. The van der Waals surface area contributed by atoms with Crippen LogP contribution in [-0.2, 0) is 12.8 Å². The third-order valence-electron chi connectivity index (χ3n) is 4.99. The quantitative estimate of drug-likeness (QED) is 0.898. The molecule has 24 heavy (non-hydrogen) atoms. The zero-order valence-electron chi connectivity index (χ0n) is 13.9. The molecule has 0 atom stereocenters. The molecule has 3 heterocycles. The van der Waals surface area contributed by atoms with E-state index in [1.807, 2.05) is 5.38 Å². The largest absolute Gasteiger partial charge is 0.347 e. The van der Waals surface area contributed by atoms with Crippen molar-refractivity contribution in [3.8, 4) is 0 Å². The molecular formula is C17H22N4OS2. The second-order valence-corrected chi connectivity index (χ2v) is 8.69. The topological polar surface area (TPSA) is 58.1 Å². The lowest BCUT2D eigenvalue weighted by molar-refractivity contribution is 0.102. The van der Waals surface area contributed by atoms with Gasteiger partial charge in [-0.2, -0.15) is 0 Å². The maximum Gasteiger partial charge on any atom is 0.258 e. The summed E-state index contributed by atoms with van der Waals surface area (Å²) in [6.07, 6.45) is 6.95. The molecule has 1 aliphatic carbocycles. The third kappa shape index (κ3) is 3.19. The van der Waals surface area contributed by atoms with Crippen LogP contribution >= 0.6 is 22.7 Å². The van der Waals surface area contributed by atoms with Crippen LogP contribution < -0.4 is 10.2 Å². The molecule has 2 aromatic rings. The van der Waals surface area contributed by atoms with Crippen LogP contribution in [0.2, 0.25) is 0 Å². The van der Waals surface area contributed by atoms with Crippen molar-refractivity contribution in [3.05, 3.63) is 21.4 Å². The average Bonchev–Trinajstić information content (AvgIpc) is 3.22. The van der Waals surface area contributed by atoms with Crippen LogP contribution in [0.25, 0.3) is 0 Å². The lowest BCUT2D eigenvalue weighted by atomic mass is 9.96. The second-order valence-electron chi connectivity index (χ2n) is 6.77. The summed E-state index contributed by atoms with van der Waals surface area (Å²) in [4.78, 5) is 16.3. The van der Waals surface area contributed by atoms with Gasteiger partial charge in [0.1, 0.15) is 0 Å². The van der Waals surface area contributed by atoms with Crippen molar-refractivity contribution in [2.24, 2.45) is 5.92 Å². The monoisotopic (exact) mass is 362 g/mol. The fourth-order valence-corrected chi connectivity index (χ4v) is 5.36. The van der Waals surface area contributed by atoms with Gasteiger partial charge in [0.15, 0.2) is 0 Å². The number of hydrogen-bond acceptors (Lipinski definition) is 6. The summed E-state index contributed by atoms with van der Waals surface area (Å²) in [6.45, 7) is 4.36. The normalized spacial score (nSPS) is 18.5. The van der Waals surface area contributed by atoms with E-state index in [0.717, 1.165) is 42.5 Å². The number of aryl methyl sites for hydroxylation is 1. The predicted octanol–water partition coefficient (Wildman–Crippen LogP) is 3.97. The molecule has 1 saturated heterocycles. The standard InChI is InChI=1S/C17H22N4OS2/c1-11-6-8-21(9-7-11)17-20-19-16(24-17)18-15(22)13-10-23-14-5-3-2-4-12(13)14/h10-11H,2-9H2,1H3,(H,18,19,22). The summed E-state index contributed by atoms with van der Waals surface area (Å²) >= 11 is 3.20. The van der Waals surface area contributed by atoms with Crippen molar-refractivity contribution in [3.63, 3.8) is 0 Å². The molecule has 7 heteroatoms. The smallest absolute Gasteiger partial charge is 0.258 e. The van der Waals surface area contributed by atoms with Gasteiger partial charge in [0.05, 0.1) is 5.56 Å². The van der Waals surface area contributed by atoms with Gasteiger partial charge in [-0.1, -0.05) is 18.3 Å². The van der Waals surface area contributed by atoms with Crippen molar-refractivity contribution in [2.45, 2.75) is 45.4 Å². The number of thiophene rings is 1. The molecule has 1 aliphatic heterocycles. The predicted molar refractivity (Wildman–Crippen MR) is 99.4 cm³/mol. The first kappa shape index (κ1) is 16.0. The highest BCUT2D eigenvalue weighted by atomic mass is 32.1. The van der Waals surface area contributed by atoms with Crippen LogP contribution in [0.5, 0.6) is 0 Å². The van der Waals surface area contributed by atoms with Crippen LogP contribution in [0.1, 0.15) is 53.4 Å². The van der Waals surface area contributed by atoms with E-state index in [1.165, 1.54) is 47.5 Å². The number of fused-ring (bicyclic) bond motifs is 1. The van der Waals surface area contributed by atoms with Crippen LogP contribution in [-0.4, -0.2) is 29.2 Å². The lowest BCUT2D eigenvalue weighted by Crippen LogP contribution is -2.32. The fraction of sp³-hybridized carbons (Fsp3) is 0.588. The Hall–Kier alpha value is -1.47. The Morgan fingerprint density at radius 3 is 2.88 bits per heavy atom. The highest BCUT2D eigenvalue weighted by Crippen LogP contribution is 2.32. The van der Waals surface area contributed by atoms with Crippen molar-refractivity contribution >= 4 is 38.8 Å². The summed E-state index contributed by atoms with van der Waals surface area (Å²) < 4.78 is 0. The molecule has 2 aliphatic rings. The second kappa shape index (κ2) is 6.80. The molecule has 1 fully saturated rings. The summed E-state index contributed by atoms with van der Waals surface area (Å²) in [7, 11) is 0. The molecule has 0 unspecified atom stereocenters. The van der Waals surface area contributed by atoms with Gasteiger partial charge >= 0.3 is 0 Å². The summed E-state index contributed by atoms with van der Waals surface area (Å²) in [5.41, 5.74) is 2.08. The number of amides is 1. The number of nitrogens with zero attached hydrogens (tertiary/aromatic N) is 3. The summed E-state index contributed by atoms with van der Waals surface area (Å²) in [5.74, 6) is 0.752. The number of piperidine rings is 1. The van der Waals surface area contributed by atoms with Crippen molar-refractivity contribution in [2.75, 3.05) is 23.3 Å². The molecular weight excluding hydrogens is 340 g/mol. The Kier molecular flexibility index (Phi) is 4.54. The van der Waals surface area contributed by atoms with Crippen LogP contribution in [0.4, 0.5) is 10.3 Å². The first-order chi connectivity index (χ1) is 11.7. The maximum absolute atomic E-state index is 12.6. The number of anilines is 2. The molecule has 0 spiro atoms. The first-order valence-electron chi connectivity index (χ1n) is 8.70. The van der Waals surface area contributed by atoms with Crippen molar-refractivity contribution < 1.29 is 4.79 Å². The van der Waals surface area contributed by atoms with Crippen molar-refractivity contribution in [1.29, 1.82) is 0 Å². The summed E-state index contributed by atoms with van der Waals surface area (Å²) in [6, 6.07) is 0. The highest BCUT2D eigenvalue weighted by Gasteiger charge is 2.22. The molecule has 1 amide bonds. The number of carbonyl (C=O) groups is 1. The zero-order chi connectivity index (χ0) is 16.5. The van der Waals surface area contributed by atoms with Gasteiger partial charge in [-0.25, -0.2) is 0 Å². The summed E-state index contributed by atoms with van der Waals surface area (Å²) in [5, 5.41) is 14.9. The minimum atomic E-state index is -0.0376. The van der Waals surface area contributed by atoms with E-state index in [1.54, 1.807) is 11.3 Å². The fourth-order valence-electron chi connectivity index (χ4n) is 3.44. The van der Waals surface area contributed by atoms with Crippen LogP contribution in [0, 0.1) is 5.92 Å². The minimum Gasteiger partial charge on any atom is -0.347 e. The molecule has 0 radical (unpaired) electrons. The highest BCUT2D eigenvalue weighted by molar-refractivity contribution is 7.19. The number of aromatic nitrogens is 2. The van der Waals surface area contributed by atoms with Gasteiger partial charge in [-0.3, -0.25) is 10.1 Å². The maximum atomic E-state index is 12.6. The Labute approximate surface area is 150 Å². The molecule has 2 aromatic heterocycles. The van der Waals surface area contributed by atoms with E-state index < -0.39 is 0 Å². The van der Waals surface area contributed by atoms with Gasteiger partial charge in [0.25, 0.3) is 5.91 Å². The number of carbonyl (C=O) groups excluding carboxylic acids is 1. The van der Waals surface area contributed by atoms with Gasteiger partial charge in [0.2, 0.25) is 10.3 Å². The van der Waals surface area contributed by atoms with Gasteiger partial charge in [-0.05, 0) is 50.0 Å². The molecule has 0 saturated carbocycles. The van der Waals surface area contributed by atoms with E-state index in [2.05, 4.69) is 27.3 Å². The SMILES string of the molecule is CC1CCN(c2nnc(NC(=O)c3csc4c3CCCC4)s2)CC1. The molecule has 1 N–H and O–H groups in total. The first-order valence-corrected chi connectivity index (χ1v) is 10.4. The molecule has 128 valence electrons. The third-order valence-corrected chi connectivity index (χ3v) is 6.98. The number of hydrogen-bond donors (Lipinski definition) is 1. The molecule has 4 rings (SSSR count). The number of rotatable bonds is 3. The zero-order valence-corrected chi connectivity index (χ0v) is 15.5. The van der Waals surface area contributed by atoms with E-state index >= 15 is 0 Å². The van der Waals surface area contributed by atoms with Crippen LogP contribution in [0.15, 0.2) is 5.38 Å². The Morgan fingerprint density at radius 2 is 2.04 bits per heavy atom. The van der Waals surface area contributed by atoms with Crippen molar-refractivity contribution in [1.82, 2.24) is 10.2 Å². The van der Waals surface area contributed by atoms with Crippen LogP contribution in [0.3, 0.4) is 0 Å². The molecule has 5 nitrogen and oxygen atoms in total. The van der Waals surface area contributed by atoms with E-state index in [4.69, 9.17) is 0 Å². The van der Waals surface area contributed by atoms with E-state index in [9.17, 15) is 4.79 Å². The molecule has 0 aromatic carbocycles. The van der Waals surface area contributed by atoms with Gasteiger partial charge < -0.3 is 4.90 Å². The Morgan fingerprint density at radius 1 is 1.25 bits per heavy atom. The van der Waals surface area contributed by atoms with Gasteiger partial charge in [0, 0.05) is 23.3 Å². The Balaban J connectivity index is 1.44. The minimum absolute atomic E-state index is 0.0376. The molecule has 0 bridgehead atoms. The van der Waals surface area contributed by atoms with E-state index in [-0.39, 0.29) is 5.91 Å². The van der Waals surface area contributed by atoms with E-state index in [0.29, 0.717) is 5.13 Å². The lowest BCUT2D eigenvalue weighted by Gasteiger charge is -2.29. The van der Waals surface area contributed by atoms with Gasteiger partial charge in [-0.15, -0.1) is 21.5 Å². The average molecular weight is 363 g/mol.